The number of amides is 4. The average molecular weight is 617 g/mol. The summed E-state index contributed by atoms with van der Waals surface area (Å²) in [7, 11) is 0. The summed E-state index contributed by atoms with van der Waals surface area (Å²) < 4.78 is 0.976. The second kappa shape index (κ2) is 15.1. The number of hydrogen-bond acceptors (Lipinski definition) is 6. The quantitative estimate of drug-likeness (QED) is 0.226. The summed E-state index contributed by atoms with van der Waals surface area (Å²) in [5.41, 5.74) is 0.831. The fourth-order valence-electron chi connectivity index (χ4n) is 6.18. The Morgan fingerprint density at radius 2 is 1.59 bits per heavy atom. The summed E-state index contributed by atoms with van der Waals surface area (Å²) in [5, 5.41) is 12.2. The van der Waals surface area contributed by atoms with Crippen LogP contribution >= 0.6 is 11.3 Å². The van der Waals surface area contributed by atoms with Crippen molar-refractivity contribution in [3.63, 3.8) is 0 Å². The van der Waals surface area contributed by atoms with Crippen molar-refractivity contribution in [1.29, 1.82) is 0 Å². The molecule has 0 spiro atoms. The molecular weight excluding hydrogens is 576 g/mol. The van der Waals surface area contributed by atoms with Gasteiger partial charge in [-0.3, -0.25) is 24.0 Å². The van der Waals surface area contributed by atoms with Crippen LogP contribution < -0.4 is 21.3 Å². The summed E-state index contributed by atoms with van der Waals surface area (Å²) in [6.45, 7) is 0.719. The largest absolute Gasteiger partial charge is 0.356 e. The van der Waals surface area contributed by atoms with E-state index in [2.05, 4.69) is 21.3 Å². The lowest BCUT2D eigenvalue weighted by molar-refractivity contribution is -0.141. The number of benzene rings is 2. The lowest BCUT2D eigenvalue weighted by Crippen LogP contribution is -2.55. The van der Waals surface area contributed by atoms with Crippen LogP contribution in [0.25, 0.3) is 10.1 Å². The number of ketones is 1. The Kier molecular flexibility index (Phi) is 10.8. The minimum atomic E-state index is -1.21. The number of nitrogens with one attached hydrogen (secondary N) is 4. The predicted molar refractivity (Wildman–Crippen MR) is 170 cm³/mol. The maximum atomic E-state index is 13.9. The van der Waals surface area contributed by atoms with E-state index in [9.17, 15) is 24.0 Å². The van der Waals surface area contributed by atoms with Crippen molar-refractivity contribution in [2.45, 2.75) is 76.4 Å². The second-order valence-corrected chi connectivity index (χ2v) is 13.0. The van der Waals surface area contributed by atoms with Gasteiger partial charge in [0.2, 0.25) is 17.6 Å². The summed E-state index contributed by atoms with van der Waals surface area (Å²) in [5.74, 6) is -2.94. The molecule has 1 aromatic heterocycles. The van der Waals surface area contributed by atoms with E-state index in [1.165, 1.54) is 11.3 Å². The first-order valence-electron chi connectivity index (χ1n) is 15.6. The maximum absolute atomic E-state index is 13.9. The monoisotopic (exact) mass is 616 g/mol. The van der Waals surface area contributed by atoms with Gasteiger partial charge in [0, 0.05) is 23.7 Å². The Labute approximate surface area is 261 Å². The predicted octanol–water partition coefficient (Wildman–Crippen LogP) is 4.26. The Morgan fingerprint density at radius 3 is 2.34 bits per heavy atom. The molecule has 5 rings (SSSR count). The van der Waals surface area contributed by atoms with Gasteiger partial charge in [0.05, 0.1) is 10.9 Å². The van der Waals surface area contributed by atoms with Crippen LogP contribution in [0.2, 0.25) is 0 Å². The van der Waals surface area contributed by atoms with Crippen molar-refractivity contribution in [1.82, 2.24) is 21.3 Å². The van der Waals surface area contributed by atoms with Crippen LogP contribution in [0.5, 0.6) is 0 Å². The van der Waals surface area contributed by atoms with Crippen molar-refractivity contribution < 1.29 is 24.0 Å². The van der Waals surface area contributed by atoms with Crippen LogP contribution in [0.3, 0.4) is 0 Å². The van der Waals surface area contributed by atoms with Crippen LogP contribution in [-0.4, -0.2) is 48.0 Å². The zero-order valence-corrected chi connectivity index (χ0v) is 25.6. The number of piperidine rings is 1. The van der Waals surface area contributed by atoms with Crippen LogP contribution in [0.4, 0.5) is 0 Å². The number of rotatable bonds is 12. The number of Topliss-reactive ketones (excluding diaryl/α,β-unsaturated/α-hetero) is 1. The molecule has 2 aromatic carbocycles. The number of carbonyl (C=O) groups is 5. The first-order chi connectivity index (χ1) is 21.4. The Balaban J connectivity index is 1.33. The molecule has 2 aliphatic rings. The zero-order valence-electron chi connectivity index (χ0n) is 24.8. The molecule has 4 N–H and O–H groups in total. The Bertz CT molecular complexity index is 1450. The summed E-state index contributed by atoms with van der Waals surface area (Å²) in [6, 6.07) is 16.7. The molecule has 0 radical (unpaired) electrons. The minimum Gasteiger partial charge on any atom is -0.356 e. The molecule has 3 aromatic rings. The first-order valence-corrected chi connectivity index (χ1v) is 16.4. The smallest absolute Gasteiger partial charge is 0.289 e. The fourth-order valence-corrected chi connectivity index (χ4v) is 7.15. The molecule has 1 saturated carbocycles. The average Bonchev–Trinajstić information content (AvgIpc) is 3.49. The third-order valence-electron chi connectivity index (χ3n) is 8.64. The highest BCUT2D eigenvalue weighted by molar-refractivity contribution is 7.20. The highest BCUT2D eigenvalue weighted by Gasteiger charge is 2.35. The standard InChI is InChI=1S/C34H40N4O5S/c39-30(34(43)36-21-23-12-5-2-6-13-23)26(19-25-15-9-17-35-31(25)40)37-32(41)27(18-22-10-3-1-4-11-22)38-33(42)29-20-24-14-7-8-16-28(24)44-29/h2,5-8,12-14,16,20,22,25-27H,1,3-4,9-11,15,17-19,21H2,(H,35,40)(H,36,43)(H,37,41)(H,38,42)/t25-,26?,27-/m0/s1. The third kappa shape index (κ3) is 8.31. The molecule has 0 bridgehead atoms. The van der Waals surface area contributed by atoms with Gasteiger partial charge in [-0.1, -0.05) is 80.6 Å². The molecule has 2 heterocycles. The zero-order chi connectivity index (χ0) is 30.9. The fraction of sp³-hybridized carbons (Fsp3) is 0.441. The van der Waals surface area contributed by atoms with Gasteiger partial charge in [-0.2, -0.15) is 0 Å². The number of thiophene rings is 1. The van der Waals surface area contributed by atoms with Crippen molar-refractivity contribution >= 4 is 50.8 Å². The van der Waals surface area contributed by atoms with Crippen molar-refractivity contribution in [3.05, 3.63) is 71.1 Å². The molecule has 4 amide bonds. The number of carbonyl (C=O) groups excluding carboxylic acids is 5. The van der Waals surface area contributed by atoms with E-state index in [0.717, 1.165) is 54.2 Å². The first kappa shape index (κ1) is 31.4. The van der Waals surface area contributed by atoms with Gasteiger partial charge in [-0.25, -0.2) is 0 Å². The Hall–Kier alpha value is -4.05. The van der Waals surface area contributed by atoms with Gasteiger partial charge in [0.15, 0.2) is 0 Å². The van der Waals surface area contributed by atoms with E-state index >= 15 is 0 Å². The van der Waals surface area contributed by atoms with Crippen LogP contribution in [0.15, 0.2) is 60.7 Å². The van der Waals surface area contributed by atoms with Gasteiger partial charge < -0.3 is 21.3 Å². The molecule has 1 aliphatic heterocycles. The molecule has 10 heteroatoms. The van der Waals surface area contributed by atoms with Gasteiger partial charge in [-0.15, -0.1) is 11.3 Å². The van der Waals surface area contributed by atoms with E-state index in [-0.39, 0.29) is 30.7 Å². The topological polar surface area (TPSA) is 133 Å². The van der Waals surface area contributed by atoms with E-state index in [1.54, 1.807) is 0 Å². The molecule has 232 valence electrons. The van der Waals surface area contributed by atoms with Crippen LogP contribution in [0, 0.1) is 11.8 Å². The molecule has 3 atom stereocenters. The third-order valence-corrected chi connectivity index (χ3v) is 9.75. The molecule has 44 heavy (non-hydrogen) atoms. The minimum absolute atomic E-state index is 0.00950. The van der Waals surface area contributed by atoms with E-state index in [0.29, 0.717) is 24.3 Å². The molecular formula is C34H40N4O5S. The summed E-state index contributed by atoms with van der Waals surface area (Å²) in [4.78, 5) is 66.9. The SMILES string of the molecule is O=C(NCc1ccccc1)C(=O)C(C[C@@H]1CCCNC1=O)NC(=O)[C@H](CC1CCCCC1)NC(=O)c1cc2ccccc2s1. The number of fused-ring (bicyclic) bond motifs is 1. The number of hydrogen-bond donors (Lipinski definition) is 4. The molecule has 1 saturated heterocycles. The highest BCUT2D eigenvalue weighted by atomic mass is 32.1. The maximum Gasteiger partial charge on any atom is 0.289 e. The van der Waals surface area contributed by atoms with Crippen molar-refractivity contribution in [2.75, 3.05) is 6.54 Å². The van der Waals surface area contributed by atoms with Gasteiger partial charge in [0.25, 0.3) is 11.8 Å². The summed E-state index contributed by atoms with van der Waals surface area (Å²) >= 11 is 1.36. The highest BCUT2D eigenvalue weighted by Crippen LogP contribution is 2.29. The lowest BCUT2D eigenvalue weighted by atomic mass is 9.84. The van der Waals surface area contributed by atoms with E-state index < -0.39 is 35.6 Å². The normalized spacial score (nSPS) is 18.5. The molecule has 1 aliphatic carbocycles. The van der Waals surface area contributed by atoms with Crippen molar-refractivity contribution in [2.24, 2.45) is 11.8 Å². The molecule has 9 nitrogen and oxygen atoms in total. The molecule has 2 fully saturated rings. The Morgan fingerprint density at radius 1 is 0.841 bits per heavy atom. The van der Waals surface area contributed by atoms with E-state index in [1.807, 2.05) is 60.7 Å². The van der Waals surface area contributed by atoms with Crippen LogP contribution in [0.1, 0.15) is 73.0 Å². The van der Waals surface area contributed by atoms with Gasteiger partial charge in [-0.05, 0) is 54.7 Å². The van der Waals surface area contributed by atoms with Gasteiger partial charge >= 0.3 is 0 Å². The van der Waals surface area contributed by atoms with Crippen LogP contribution in [-0.2, 0) is 25.7 Å². The molecule has 1 unspecified atom stereocenters. The second-order valence-electron chi connectivity index (χ2n) is 11.9. The van der Waals surface area contributed by atoms with Crippen molar-refractivity contribution in [3.8, 4) is 0 Å². The van der Waals surface area contributed by atoms with E-state index in [4.69, 9.17) is 0 Å². The summed E-state index contributed by atoms with van der Waals surface area (Å²) in [6.07, 6.45) is 6.99. The lowest BCUT2D eigenvalue weighted by Gasteiger charge is -2.29. The van der Waals surface area contributed by atoms with Gasteiger partial charge in [0.1, 0.15) is 6.04 Å².